The number of ether oxygens (including phenoxy) is 2. The molecule has 2 aromatic rings. The molecule has 30 heavy (non-hydrogen) atoms. The fourth-order valence-electron chi connectivity index (χ4n) is 2.57. The first-order valence-electron chi connectivity index (χ1n) is 10.3. The van der Waals surface area contributed by atoms with Gasteiger partial charge in [-0.25, -0.2) is 0 Å². The van der Waals surface area contributed by atoms with Crippen molar-refractivity contribution in [2.75, 3.05) is 18.6 Å². The van der Waals surface area contributed by atoms with Crippen molar-refractivity contribution < 1.29 is 9.47 Å². The van der Waals surface area contributed by atoms with Gasteiger partial charge < -0.3 is 9.47 Å². The molecule has 0 fully saturated rings. The fraction of sp³-hybridized carbons (Fsp3) is 0.440. The lowest BCUT2D eigenvalue weighted by molar-refractivity contribution is 0.284. The Labute approximate surface area is 195 Å². The number of rotatable bonds is 12. The van der Waals surface area contributed by atoms with Crippen LogP contribution in [0.4, 0.5) is 0 Å². The lowest BCUT2D eigenvalue weighted by Gasteiger charge is -2.15. The van der Waals surface area contributed by atoms with E-state index in [1.807, 2.05) is 59.9 Å². The lowest BCUT2D eigenvalue weighted by Crippen LogP contribution is -2.02. The van der Waals surface area contributed by atoms with E-state index in [1.165, 1.54) is 11.5 Å². The maximum absolute atomic E-state index is 5.96. The number of hydrogen-bond acceptors (Lipinski definition) is 4. The van der Waals surface area contributed by atoms with Gasteiger partial charge in [-0.3, -0.25) is 0 Å². The van der Waals surface area contributed by atoms with E-state index in [4.69, 9.17) is 21.1 Å². The molecule has 0 saturated carbocycles. The molecule has 0 aliphatic carbocycles. The summed E-state index contributed by atoms with van der Waals surface area (Å²) in [5, 5.41) is 0.726. The maximum Gasteiger partial charge on any atom is 0.161 e. The summed E-state index contributed by atoms with van der Waals surface area (Å²) in [6.07, 6.45) is 4.50. The third kappa shape index (κ3) is 9.28. The van der Waals surface area contributed by atoms with Crippen LogP contribution in [0.3, 0.4) is 0 Å². The molecular formula is C25H33ClO2S2. The van der Waals surface area contributed by atoms with E-state index in [9.17, 15) is 0 Å². The molecule has 2 rings (SSSR count). The van der Waals surface area contributed by atoms with Crippen molar-refractivity contribution in [3.05, 3.63) is 64.7 Å². The molecule has 0 N–H and O–H groups in total. The van der Waals surface area contributed by atoms with Crippen LogP contribution >= 0.6 is 35.1 Å². The van der Waals surface area contributed by atoms with Crippen LogP contribution in [0.5, 0.6) is 11.5 Å². The van der Waals surface area contributed by atoms with E-state index in [0.717, 1.165) is 27.6 Å². The first-order chi connectivity index (χ1) is 14.4. The second kappa shape index (κ2) is 13.2. The summed E-state index contributed by atoms with van der Waals surface area (Å²) < 4.78 is 12.0. The Kier molecular flexibility index (Phi) is 11.0. The quantitative estimate of drug-likeness (QED) is 0.295. The summed E-state index contributed by atoms with van der Waals surface area (Å²) in [4.78, 5) is 0. The molecule has 2 nitrogen and oxygen atoms in total. The summed E-state index contributed by atoms with van der Waals surface area (Å²) in [6, 6.07) is 13.8. The third-order valence-electron chi connectivity index (χ3n) is 4.13. The Morgan fingerprint density at radius 3 is 2.10 bits per heavy atom. The van der Waals surface area contributed by atoms with Gasteiger partial charge in [0.1, 0.15) is 6.61 Å². The smallest absolute Gasteiger partial charge is 0.161 e. The second-order valence-electron chi connectivity index (χ2n) is 8.01. The zero-order chi connectivity index (χ0) is 21.9. The van der Waals surface area contributed by atoms with Crippen molar-refractivity contribution in [1.29, 1.82) is 0 Å². The Morgan fingerprint density at radius 1 is 0.900 bits per heavy atom. The third-order valence-corrected chi connectivity index (χ3v) is 7.89. The molecule has 0 unspecified atom stereocenters. The summed E-state index contributed by atoms with van der Waals surface area (Å²) in [5.41, 5.74) is 2.18. The van der Waals surface area contributed by atoms with Crippen LogP contribution in [0, 0.1) is 11.8 Å². The van der Waals surface area contributed by atoms with E-state index in [-0.39, 0.29) is 0 Å². The van der Waals surface area contributed by atoms with E-state index in [1.54, 1.807) is 7.11 Å². The average Bonchev–Trinajstić information content (AvgIpc) is 2.72. The van der Waals surface area contributed by atoms with Gasteiger partial charge in [0.15, 0.2) is 11.5 Å². The molecule has 0 spiro atoms. The van der Waals surface area contributed by atoms with Crippen molar-refractivity contribution in [2.45, 2.75) is 38.9 Å². The average molecular weight is 465 g/mol. The highest BCUT2D eigenvalue weighted by molar-refractivity contribution is 8.17. The van der Waals surface area contributed by atoms with Crippen LogP contribution in [0.15, 0.2) is 48.5 Å². The zero-order valence-electron chi connectivity index (χ0n) is 18.6. The topological polar surface area (TPSA) is 18.5 Å². The molecule has 164 valence electrons. The molecule has 5 heteroatoms. The number of thioether (sulfide) groups is 2. The molecule has 0 radical (unpaired) electrons. The minimum Gasteiger partial charge on any atom is -0.493 e. The number of methoxy groups -OCH3 is 1. The van der Waals surface area contributed by atoms with Crippen LogP contribution < -0.4 is 9.47 Å². The Morgan fingerprint density at radius 2 is 1.53 bits per heavy atom. The van der Waals surface area contributed by atoms with Gasteiger partial charge in [0.2, 0.25) is 0 Å². The lowest BCUT2D eigenvalue weighted by atomic mass is 10.2. The minimum absolute atomic E-state index is 0.460. The molecule has 0 heterocycles. The van der Waals surface area contributed by atoms with Crippen LogP contribution in [0.1, 0.15) is 38.8 Å². The van der Waals surface area contributed by atoms with Crippen LogP contribution in [0.2, 0.25) is 5.02 Å². The van der Waals surface area contributed by atoms with Crippen molar-refractivity contribution in [3.63, 3.8) is 0 Å². The first-order valence-corrected chi connectivity index (χ1v) is 12.8. The largest absolute Gasteiger partial charge is 0.493 e. The molecule has 0 saturated heterocycles. The van der Waals surface area contributed by atoms with Gasteiger partial charge in [0.25, 0.3) is 0 Å². The summed E-state index contributed by atoms with van der Waals surface area (Å²) in [6.45, 7) is 9.56. The fourth-order valence-corrected chi connectivity index (χ4v) is 5.08. The highest BCUT2D eigenvalue weighted by Crippen LogP contribution is 2.32. The van der Waals surface area contributed by atoms with E-state index < -0.39 is 0 Å². The van der Waals surface area contributed by atoms with E-state index in [0.29, 0.717) is 23.0 Å². The van der Waals surface area contributed by atoms with Gasteiger partial charge in [-0.15, -0.1) is 23.5 Å². The molecule has 0 amide bonds. The second-order valence-corrected chi connectivity index (χ2v) is 11.1. The van der Waals surface area contributed by atoms with Gasteiger partial charge in [0, 0.05) is 5.02 Å². The summed E-state index contributed by atoms with van der Waals surface area (Å²) in [7, 11) is 1.68. The van der Waals surface area contributed by atoms with Gasteiger partial charge in [0.05, 0.1) is 11.7 Å². The number of halogens is 1. The standard InChI is InChI=1S/C25H33ClO2S2/c1-18(2)16-29-25(30-17-19(3)4)13-9-20-8-12-23(24(14-20)27-5)28-15-21-6-10-22(26)11-7-21/h6-14,18-19,25H,15-17H2,1-5H3/b13-9+. The molecule has 0 aromatic heterocycles. The van der Waals surface area contributed by atoms with E-state index >= 15 is 0 Å². The highest BCUT2D eigenvalue weighted by atomic mass is 35.5. The van der Waals surface area contributed by atoms with Crippen LogP contribution in [0.25, 0.3) is 6.08 Å². The number of hydrogen-bond donors (Lipinski definition) is 0. The van der Waals surface area contributed by atoms with Crippen molar-refractivity contribution in [1.82, 2.24) is 0 Å². The Bertz CT molecular complexity index is 776. The van der Waals surface area contributed by atoms with Gasteiger partial charge >= 0.3 is 0 Å². The van der Waals surface area contributed by atoms with Gasteiger partial charge in [-0.05, 0) is 58.7 Å². The monoisotopic (exact) mass is 464 g/mol. The minimum atomic E-state index is 0.460. The molecule has 0 aliphatic rings. The molecular weight excluding hydrogens is 432 g/mol. The Balaban J connectivity index is 2.04. The molecule has 2 aromatic carbocycles. The highest BCUT2D eigenvalue weighted by Gasteiger charge is 2.10. The summed E-state index contributed by atoms with van der Waals surface area (Å²) in [5.74, 6) is 5.21. The van der Waals surface area contributed by atoms with Gasteiger partial charge in [-0.1, -0.05) is 69.6 Å². The molecule has 0 aliphatic heterocycles. The normalized spacial score (nSPS) is 11.8. The van der Waals surface area contributed by atoms with E-state index in [2.05, 4.69) is 45.9 Å². The van der Waals surface area contributed by atoms with Crippen molar-refractivity contribution in [2.24, 2.45) is 11.8 Å². The first kappa shape index (κ1) is 25.0. The van der Waals surface area contributed by atoms with Crippen LogP contribution in [-0.2, 0) is 6.61 Å². The van der Waals surface area contributed by atoms with Crippen LogP contribution in [-0.4, -0.2) is 23.2 Å². The summed E-state index contributed by atoms with van der Waals surface area (Å²) >= 11 is 9.99. The van der Waals surface area contributed by atoms with Crippen molar-refractivity contribution >= 4 is 41.2 Å². The SMILES string of the molecule is COc1cc(/C=C/C(SCC(C)C)SCC(C)C)ccc1OCc1ccc(Cl)cc1. The molecule has 0 bridgehead atoms. The molecule has 0 atom stereocenters. The predicted molar refractivity (Wildman–Crippen MR) is 136 cm³/mol. The number of benzene rings is 2. The van der Waals surface area contributed by atoms with Gasteiger partial charge in [-0.2, -0.15) is 0 Å². The zero-order valence-corrected chi connectivity index (χ0v) is 20.9. The van der Waals surface area contributed by atoms with Crippen molar-refractivity contribution in [3.8, 4) is 11.5 Å². The maximum atomic E-state index is 5.96. The predicted octanol–water partition coefficient (Wildman–Crippen LogP) is 8.05. The Hall–Kier alpha value is -1.23.